The number of aromatic nitrogens is 5. The van der Waals surface area contributed by atoms with E-state index in [0.29, 0.717) is 40.3 Å². The molecule has 1 aliphatic carbocycles. The molecule has 1 saturated heterocycles. The third kappa shape index (κ3) is 4.94. The second-order valence-corrected chi connectivity index (χ2v) is 9.85. The minimum atomic E-state index is -0.515. The molecule has 0 bridgehead atoms. The van der Waals surface area contributed by atoms with Crippen molar-refractivity contribution in [1.29, 1.82) is 0 Å². The Morgan fingerprint density at radius 1 is 1.19 bits per heavy atom. The molecule has 1 aromatic carbocycles. The summed E-state index contributed by atoms with van der Waals surface area (Å²) in [5, 5.41) is 18.9. The van der Waals surface area contributed by atoms with E-state index < -0.39 is 5.69 Å². The zero-order valence-corrected chi connectivity index (χ0v) is 20.6. The Balaban J connectivity index is 1.39. The number of rotatable bonds is 5. The number of anilines is 2. The van der Waals surface area contributed by atoms with Crippen LogP contribution < -0.4 is 21.7 Å². The lowest BCUT2D eigenvalue weighted by molar-refractivity contribution is -0.133. The van der Waals surface area contributed by atoms with Crippen LogP contribution in [0.3, 0.4) is 0 Å². The summed E-state index contributed by atoms with van der Waals surface area (Å²) in [6.45, 7) is 1.40. The Bertz CT molecular complexity index is 1660. The number of aromatic hydroxyl groups is 1. The highest BCUT2D eigenvalue weighted by Crippen LogP contribution is 2.32. The van der Waals surface area contributed by atoms with E-state index in [0.717, 1.165) is 31.4 Å². The van der Waals surface area contributed by atoms with Crippen molar-refractivity contribution in [1.82, 2.24) is 29.5 Å². The number of imidazole rings is 1. The molecule has 37 heavy (non-hydrogen) atoms. The quantitative estimate of drug-likeness (QED) is 0.315. The third-order valence-electron chi connectivity index (χ3n) is 6.63. The minimum Gasteiger partial charge on any atom is -0.493 e. The van der Waals surface area contributed by atoms with Gasteiger partial charge in [0.1, 0.15) is 11.5 Å². The summed E-state index contributed by atoms with van der Waals surface area (Å²) in [7, 11) is 0. The molecule has 1 saturated carbocycles. The second-order valence-electron chi connectivity index (χ2n) is 9.42. The first kappa shape index (κ1) is 23.3. The highest BCUT2D eigenvalue weighted by atomic mass is 35.5. The van der Waals surface area contributed by atoms with Crippen LogP contribution in [0.1, 0.15) is 31.4 Å². The first-order valence-corrected chi connectivity index (χ1v) is 12.6. The van der Waals surface area contributed by atoms with E-state index in [1.165, 1.54) is 0 Å². The summed E-state index contributed by atoms with van der Waals surface area (Å²) in [5.41, 5.74) is 1.57. The number of carbonyl (C=O) groups excluding carboxylic acids is 1. The molecule has 6 rings (SSSR count). The fourth-order valence-corrected chi connectivity index (χ4v) is 4.76. The monoisotopic (exact) mass is 520 g/mol. The summed E-state index contributed by atoms with van der Waals surface area (Å²) in [5.74, 6) is 0.768. The average molecular weight is 521 g/mol. The van der Waals surface area contributed by atoms with Gasteiger partial charge < -0.3 is 20.3 Å². The first-order chi connectivity index (χ1) is 17.9. The van der Waals surface area contributed by atoms with Crippen LogP contribution in [0.25, 0.3) is 11.7 Å². The Kier molecular flexibility index (Phi) is 5.91. The molecule has 4 aromatic rings. The molecule has 0 atom stereocenters. The first-order valence-electron chi connectivity index (χ1n) is 12.2. The molecule has 0 radical (unpaired) electrons. The molecular formula is C25H25ClN8O3. The molecule has 190 valence electrons. The molecule has 4 heterocycles. The Labute approximate surface area is 215 Å². The van der Waals surface area contributed by atoms with E-state index in [1.807, 2.05) is 23.1 Å². The largest absolute Gasteiger partial charge is 0.493 e. The van der Waals surface area contributed by atoms with Gasteiger partial charge in [0, 0.05) is 41.0 Å². The summed E-state index contributed by atoms with van der Waals surface area (Å²) in [6.07, 6.45) is 6.76. The van der Waals surface area contributed by atoms with Crippen LogP contribution in [0.2, 0.25) is 5.02 Å². The average Bonchev–Trinajstić information content (AvgIpc) is 3.57. The number of carbonyl (C=O) groups is 1. The lowest BCUT2D eigenvalue weighted by atomic mass is 10.1. The smallest absolute Gasteiger partial charge is 0.326 e. The van der Waals surface area contributed by atoms with Gasteiger partial charge in [0.05, 0.1) is 12.2 Å². The summed E-state index contributed by atoms with van der Waals surface area (Å²) in [6, 6.07) is 9.17. The van der Waals surface area contributed by atoms with Crippen LogP contribution in [0.4, 0.5) is 11.5 Å². The Hall–Kier alpha value is -4.12. The summed E-state index contributed by atoms with van der Waals surface area (Å²) < 4.78 is 1.64. The van der Waals surface area contributed by atoms with Gasteiger partial charge in [-0.3, -0.25) is 14.8 Å². The molecule has 2 aliphatic rings. The number of halogens is 1. The van der Waals surface area contributed by atoms with E-state index in [4.69, 9.17) is 21.6 Å². The number of H-pyrrole nitrogens is 2. The van der Waals surface area contributed by atoms with E-state index in [-0.39, 0.29) is 29.4 Å². The number of fused-ring (bicyclic) bond motifs is 1. The maximum absolute atomic E-state index is 12.4. The van der Waals surface area contributed by atoms with Gasteiger partial charge in [-0.2, -0.15) is 9.61 Å². The third-order valence-corrected chi connectivity index (χ3v) is 6.87. The molecule has 1 amide bonds. The van der Waals surface area contributed by atoms with E-state index in [1.54, 1.807) is 28.9 Å². The van der Waals surface area contributed by atoms with Crippen LogP contribution in [0, 0.1) is 5.92 Å². The van der Waals surface area contributed by atoms with Gasteiger partial charge >= 0.3 is 5.69 Å². The predicted molar refractivity (Wildman–Crippen MR) is 137 cm³/mol. The highest BCUT2D eigenvalue weighted by Gasteiger charge is 2.34. The van der Waals surface area contributed by atoms with Gasteiger partial charge in [0.25, 0.3) is 0 Å². The molecule has 12 heteroatoms. The topological polar surface area (TPSA) is 144 Å². The molecule has 3 aromatic heterocycles. The number of nitrogens with one attached hydrogen (secondary N) is 3. The van der Waals surface area contributed by atoms with Crippen molar-refractivity contribution < 1.29 is 9.90 Å². The molecule has 0 unspecified atom stereocenters. The highest BCUT2D eigenvalue weighted by molar-refractivity contribution is 6.30. The van der Waals surface area contributed by atoms with Crippen LogP contribution in [0.5, 0.6) is 5.88 Å². The normalized spacial score (nSPS) is 17.6. The number of aromatic amines is 2. The van der Waals surface area contributed by atoms with Crippen molar-refractivity contribution in [2.75, 3.05) is 18.4 Å². The molecule has 11 nitrogen and oxygen atoms in total. The van der Waals surface area contributed by atoms with Gasteiger partial charge in [0.15, 0.2) is 11.1 Å². The van der Waals surface area contributed by atoms with Gasteiger partial charge in [-0.25, -0.2) is 9.78 Å². The predicted octanol–water partition coefficient (Wildman–Crippen LogP) is 1.70. The molecule has 0 spiro atoms. The molecule has 2 fully saturated rings. The van der Waals surface area contributed by atoms with E-state index >= 15 is 0 Å². The van der Waals surface area contributed by atoms with Crippen molar-refractivity contribution in [3.05, 3.63) is 68.4 Å². The van der Waals surface area contributed by atoms with Crippen molar-refractivity contribution >= 4 is 40.7 Å². The zero-order chi connectivity index (χ0) is 25.5. The number of amides is 1. The Morgan fingerprint density at radius 3 is 2.70 bits per heavy atom. The molecule has 4 N–H and O–H groups in total. The van der Waals surface area contributed by atoms with Gasteiger partial charge in [-0.1, -0.05) is 17.7 Å². The van der Waals surface area contributed by atoms with Gasteiger partial charge in [0.2, 0.25) is 11.8 Å². The standard InChI is InChI=1S/C25H25ClN8O3/c26-16-2-1-3-18(11-16)28-20-12-21(29-17-6-8-33(9-7-17)24(36)14-4-5-14)34-22(31-20)15(13-27-34)10-19-23(35)32-25(37)30-19/h1-3,10-14,17,28,35H,4-9H2,(H2,30,32,37)/b15-10+,29-21?. The SMILES string of the molecule is O=C(C1CC1)N1CCC(N=c2cc(Nc3cccc(Cl)c3)nc3/c(=C/c4[nH]c(=O)[nH]c4O)cnn23)CC1. The Morgan fingerprint density at radius 2 is 2.00 bits per heavy atom. The maximum atomic E-state index is 12.4. The second kappa shape index (κ2) is 9.40. The van der Waals surface area contributed by atoms with Gasteiger partial charge in [-0.15, -0.1) is 0 Å². The summed E-state index contributed by atoms with van der Waals surface area (Å²) in [4.78, 5) is 40.5. The number of benzene rings is 1. The van der Waals surface area contributed by atoms with Crippen LogP contribution in [-0.4, -0.2) is 59.6 Å². The number of nitrogens with zero attached hydrogens (tertiary/aromatic N) is 5. The lowest BCUT2D eigenvalue weighted by Crippen LogP contribution is -2.41. The molecule has 1 aliphatic heterocycles. The zero-order valence-electron chi connectivity index (χ0n) is 19.8. The minimum absolute atomic E-state index is 0.0366. The van der Waals surface area contributed by atoms with Gasteiger partial charge in [-0.05, 0) is 50.0 Å². The van der Waals surface area contributed by atoms with Crippen molar-refractivity contribution in [3.8, 4) is 5.88 Å². The number of hydrogen-bond donors (Lipinski definition) is 4. The fraction of sp³-hybridized carbons (Fsp3) is 0.320. The molecular weight excluding hydrogens is 496 g/mol. The van der Waals surface area contributed by atoms with Crippen molar-refractivity contribution in [3.63, 3.8) is 0 Å². The van der Waals surface area contributed by atoms with Crippen LogP contribution >= 0.6 is 11.6 Å². The van der Waals surface area contributed by atoms with Crippen molar-refractivity contribution in [2.24, 2.45) is 10.9 Å². The van der Waals surface area contributed by atoms with Crippen molar-refractivity contribution in [2.45, 2.75) is 31.7 Å². The van der Waals surface area contributed by atoms with Crippen LogP contribution in [0.15, 0.2) is 46.3 Å². The lowest BCUT2D eigenvalue weighted by Gasteiger charge is -2.30. The van der Waals surface area contributed by atoms with E-state index in [2.05, 4.69) is 20.4 Å². The maximum Gasteiger partial charge on any atom is 0.326 e. The summed E-state index contributed by atoms with van der Waals surface area (Å²) >= 11 is 6.16. The van der Waals surface area contributed by atoms with E-state index in [9.17, 15) is 14.7 Å². The number of piperidine rings is 1. The number of likely N-dealkylation sites (tertiary alicyclic amines) is 1. The number of hydrogen-bond acceptors (Lipinski definition) is 7. The van der Waals surface area contributed by atoms with Crippen LogP contribution in [-0.2, 0) is 4.79 Å². The fourth-order valence-electron chi connectivity index (χ4n) is 4.57.